The highest BCUT2D eigenvalue weighted by Gasteiger charge is 2.18. The Bertz CT molecular complexity index is 950. The van der Waals surface area contributed by atoms with Crippen LogP contribution in [0.5, 0.6) is 11.5 Å². The topological polar surface area (TPSA) is 149 Å². The van der Waals surface area contributed by atoms with Crippen molar-refractivity contribution in [3.63, 3.8) is 0 Å². The molecular formula is C21H26N6O3. The molecule has 1 aromatic carbocycles. The zero-order valence-corrected chi connectivity index (χ0v) is 17.0. The summed E-state index contributed by atoms with van der Waals surface area (Å²) in [6, 6.07) is 7.29. The number of benzene rings is 1. The molecule has 0 saturated heterocycles. The molecule has 0 bridgehead atoms. The molecule has 0 radical (unpaired) electrons. The lowest BCUT2D eigenvalue weighted by Gasteiger charge is -2.22. The van der Waals surface area contributed by atoms with E-state index in [4.69, 9.17) is 20.9 Å². The molecule has 0 spiro atoms. The number of nitrogen functional groups attached to an aromatic ring is 2. The highest BCUT2D eigenvalue weighted by atomic mass is 16.5. The molecule has 1 fully saturated rings. The van der Waals surface area contributed by atoms with Crippen LogP contribution in [-0.4, -0.2) is 35.1 Å². The van der Waals surface area contributed by atoms with Gasteiger partial charge in [0.05, 0.1) is 12.3 Å². The van der Waals surface area contributed by atoms with Gasteiger partial charge in [0, 0.05) is 11.6 Å². The number of carbonyl (C=O) groups excluding carboxylic acids is 1. The van der Waals surface area contributed by atoms with Crippen molar-refractivity contribution in [3.8, 4) is 28.8 Å². The largest absolute Gasteiger partial charge is 0.490 e. The first-order chi connectivity index (χ1) is 14.5. The molecule has 0 unspecified atom stereocenters. The van der Waals surface area contributed by atoms with E-state index in [1.807, 2.05) is 13.0 Å². The van der Waals surface area contributed by atoms with Gasteiger partial charge in [-0.1, -0.05) is 19.3 Å². The molecule has 1 aliphatic carbocycles. The van der Waals surface area contributed by atoms with Gasteiger partial charge in [-0.3, -0.25) is 4.79 Å². The number of aromatic nitrogens is 2. The molecule has 30 heavy (non-hydrogen) atoms. The van der Waals surface area contributed by atoms with E-state index in [1.165, 1.54) is 6.42 Å². The number of hydrogen-bond acceptors (Lipinski definition) is 8. The number of ether oxygens (including phenoxy) is 2. The molecule has 2 aromatic rings. The van der Waals surface area contributed by atoms with Gasteiger partial charge < -0.3 is 26.3 Å². The Morgan fingerprint density at radius 1 is 1.20 bits per heavy atom. The average molecular weight is 410 g/mol. The fourth-order valence-electron chi connectivity index (χ4n) is 3.52. The fraction of sp³-hybridized carbons (Fsp3) is 0.429. The zero-order valence-electron chi connectivity index (χ0n) is 17.0. The smallest absolute Gasteiger partial charge is 0.258 e. The Hall–Kier alpha value is -3.54. The van der Waals surface area contributed by atoms with Crippen molar-refractivity contribution < 1.29 is 14.3 Å². The SMILES string of the molecule is CCOc1cc(-c2nc(N)nc(N)c2C#N)ccc1OCC(=O)NC1CCCCC1. The molecule has 1 aliphatic rings. The van der Waals surface area contributed by atoms with E-state index in [0.29, 0.717) is 29.4 Å². The highest BCUT2D eigenvalue weighted by molar-refractivity contribution is 5.78. The normalized spacial score (nSPS) is 14.0. The second kappa shape index (κ2) is 9.78. The maximum absolute atomic E-state index is 12.2. The predicted octanol–water partition coefficient (Wildman–Crippen LogP) is 2.41. The summed E-state index contributed by atoms with van der Waals surface area (Å²) < 4.78 is 11.4. The number of amides is 1. The van der Waals surface area contributed by atoms with Gasteiger partial charge in [0.1, 0.15) is 17.5 Å². The summed E-state index contributed by atoms with van der Waals surface area (Å²) in [5.74, 6) is 0.682. The second-order valence-corrected chi connectivity index (χ2v) is 7.09. The molecule has 1 heterocycles. The van der Waals surface area contributed by atoms with Crippen LogP contribution in [0, 0.1) is 11.3 Å². The fourth-order valence-corrected chi connectivity index (χ4v) is 3.52. The van der Waals surface area contributed by atoms with E-state index in [1.54, 1.807) is 18.2 Å². The minimum Gasteiger partial charge on any atom is -0.490 e. The number of nitrogens with zero attached hydrogens (tertiary/aromatic N) is 3. The molecule has 3 rings (SSSR count). The summed E-state index contributed by atoms with van der Waals surface area (Å²) in [4.78, 5) is 20.2. The molecule has 9 heteroatoms. The van der Waals surface area contributed by atoms with Crippen molar-refractivity contribution in [2.45, 2.75) is 45.1 Å². The van der Waals surface area contributed by atoms with Crippen molar-refractivity contribution in [3.05, 3.63) is 23.8 Å². The van der Waals surface area contributed by atoms with Gasteiger partial charge >= 0.3 is 0 Å². The monoisotopic (exact) mass is 410 g/mol. The van der Waals surface area contributed by atoms with Crippen LogP contribution in [0.2, 0.25) is 0 Å². The maximum atomic E-state index is 12.2. The molecule has 0 atom stereocenters. The summed E-state index contributed by atoms with van der Waals surface area (Å²) in [6.45, 7) is 2.13. The molecular weight excluding hydrogens is 384 g/mol. The van der Waals surface area contributed by atoms with Gasteiger partial charge in [-0.2, -0.15) is 10.2 Å². The minimum absolute atomic E-state index is 0.0117. The first-order valence-corrected chi connectivity index (χ1v) is 10.0. The van der Waals surface area contributed by atoms with E-state index in [9.17, 15) is 10.1 Å². The van der Waals surface area contributed by atoms with Gasteiger partial charge in [-0.05, 0) is 38.0 Å². The summed E-state index contributed by atoms with van der Waals surface area (Å²) >= 11 is 0. The van der Waals surface area contributed by atoms with Crippen LogP contribution in [-0.2, 0) is 4.79 Å². The molecule has 1 saturated carbocycles. The Balaban J connectivity index is 1.77. The second-order valence-electron chi connectivity index (χ2n) is 7.09. The Labute approximate surface area is 175 Å². The average Bonchev–Trinajstić information content (AvgIpc) is 2.73. The Morgan fingerprint density at radius 2 is 1.97 bits per heavy atom. The summed E-state index contributed by atoms with van der Waals surface area (Å²) in [7, 11) is 0. The lowest BCUT2D eigenvalue weighted by atomic mass is 9.95. The van der Waals surface area contributed by atoms with Crippen LogP contribution in [0.25, 0.3) is 11.3 Å². The van der Waals surface area contributed by atoms with Gasteiger partial charge in [0.15, 0.2) is 18.1 Å². The lowest BCUT2D eigenvalue weighted by Crippen LogP contribution is -2.39. The Kier molecular flexibility index (Phi) is 6.91. The van der Waals surface area contributed by atoms with E-state index in [0.717, 1.165) is 25.7 Å². The van der Waals surface area contributed by atoms with Gasteiger partial charge in [0.25, 0.3) is 5.91 Å². The molecule has 9 nitrogen and oxygen atoms in total. The summed E-state index contributed by atoms with van der Waals surface area (Å²) in [5, 5.41) is 12.4. The van der Waals surface area contributed by atoms with Crippen LogP contribution >= 0.6 is 0 Å². The molecule has 5 N–H and O–H groups in total. The number of hydrogen-bond donors (Lipinski definition) is 3. The van der Waals surface area contributed by atoms with Crippen molar-refractivity contribution in [2.75, 3.05) is 24.7 Å². The number of nitrogens with two attached hydrogens (primary N) is 2. The highest BCUT2D eigenvalue weighted by Crippen LogP contribution is 2.34. The molecule has 1 amide bonds. The minimum atomic E-state index is -0.156. The van der Waals surface area contributed by atoms with Crippen LogP contribution in [0.3, 0.4) is 0 Å². The van der Waals surface area contributed by atoms with E-state index in [-0.39, 0.29) is 35.9 Å². The summed E-state index contributed by atoms with van der Waals surface area (Å²) in [5.41, 5.74) is 12.5. The standard InChI is InChI=1S/C21H26N6O3/c1-2-29-17-10-13(19-15(11-22)20(23)27-21(24)26-19)8-9-16(17)30-12-18(28)25-14-6-4-3-5-7-14/h8-10,14H,2-7,12H2,1H3,(H,25,28)(H4,23,24,26,27). The molecule has 158 valence electrons. The van der Waals surface area contributed by atoms with Gasteiger partial charge in [-0.25, -0.2) is 4.98 Å². The van der Waals surface area contributed by atoms with Crippen molar-refractivity contribution in [1.29, 1.82) is 5.26 Å². The van der Waals surface area contributed by atoms with Crippen molar-refractivity contribution >= 4 is 17.7 Å². The van der Waals surface area contributed by atoms with Crippen molar-refractivity contribution in [1.82, 2.24) is 15.3 Å². The molecule has 1 aromatic heterocycles. The first kappa shape index (κ1) is 21.2. The molecule has 0 aliphatic heterocycles. The predicted molar refractivity (Wildman–Crippen MR) is 113 cm³/mol. The van der Waals surface area contributed by atoms with Gasteiger partial charge in [0.2, 0.25) is 5.95 Å². The van der Waals surface area contributed by atoms with E-state index >= 15 is 0 Å². The van der Waals surface area contributed by atoms with E-state index < -0.39 is 0 Å². The van der Waals surface area contributed by atoms with Crippen LogP contribution in [0.4, 0.5) is 11.8 Å². The number of rotatable bonds is 7. The number of nitriles is 1. The lowest BCUT2D eigenvalue weighted by molar-refractivity contribution is -0.124. The number of nitrogens with one attached hydrogen (secondary N) is 1. The number of carbonyl (C=O) groups is 1. The van der Waals surface area contributed by atoms with Crippen LogP contribution in [0.15, 0.2) is 18.2 Å². The Morgan fingerprint density at radius 3 is 2.67 bits per heavy atom. The van der Waals surface area contributed by atoms with Crippen LogP contribution in [0.1, 0.15) is 44.6 Å². The third-order valence-corrected chi connectivity index (χ3v) is 4.91. The van der Waals surface area contributed by atoms with Gasteiger partial charge in [-0.15, -0.1) is 0 Å². The third-order valence-electron chi connectivity index (χ3n) is 4.91. The summed E-state index contributed by atoms with van der Waals surface area (Å²) in [6.07, 6.45) is 5.53. The maximum Gasteiger partial charge on any atom is 0.258 e. The first-order valence-electron chi connectivity index (χ1n) is 10.0. The quantitative estimate of drug-likeness (QED) is 0.630. The van der Waals surface area contributed by atoms with Crippen molar-refractivity contribution in [2.24, 2.45) is 0 Å². The van der Waals surface area contributed by atoms with Crippen LogP contribution < -0.4 is 26.3 Å². The zero-order chi connectivity index (χ0) is 21.5. The number of anilines is 2. The van der Waals surface area contributed by atoms with E-state index in [2.05, 4.69) is 15.3 Å². The third kappa shape index (κ3) is 5.08.